The largest absolute Gasteiger partial charge is 0.383 e. The van der Waals surface area contributed by atoms with Gasteiger partial charge < -0.3 is 10.1 Å². The summed E-state index contributed by atoms with van der Waals surface area (Å²) in [6.07, 6.45) is 0. The highest BCUT2D eigenvalue weighted by Gasteiger charge is 2.16. The number of ether oxygens (including phenoxy) is 1. The number of benzene rings is 2. The van der Waals surface area contributed by atoms with E-state index in [2.05, 4.69) is 20.5 Å². The van der Waals surface area contributed by atoms with Crippen LogP contribution in [0.1, 0.15) is 0 Å². The zero-order chi connectivity index (χ0) is 22.3. The molecule has 4 rings (SSSR count). The number of methoxy groups -OCH3 is 1. The van der Waals surface area contributed by atoms with Gasteiger partial charge in [-0.2, -0.15) is 0 Å². The van der Waals surface area contributed by atoms with Crippen molar-refractivity contribution < 1.29 is 13.9 Å². The molecule has 0 saturated carbocycles. The van der Waals surface area contributed by atoms with Crippen LogP contribution in [-0.2, 0) is 16.1 Å². The Morgan fingerprint density at radius 2 is 1.91 bits per heavy atom. The second-order valence-corrected chi connectivity index (χ2v) is 8.50. The van der Waals surface area contributed by atoms with Gasteiger partial charge in [-0.25, -0.2) is 9.37 Å². The van der Waals surface area contributed by atoms with Gasteiger partial charge in [0.25, 0.3) is 0 Å². The minimum absolute atomic E-state index is 0.158. The van der Waals surface area contributed by atoms with E-state index >= 15 is 0 Å². The molecule has 32 heavy (non-hydrogen) atoms. The average Bonchev–Trinajstić information content (AvgIpc) is 3.44. The van der Waals surface area contributed by atoms with Crippen molar-refractivity contribution in [1.82, 2.24) is 19.7 Å². The number of hydrogen-bond acceptors (Lipinski definition) is 7. The molecule has 0 atom stereocenters. The summed E-state index contributed by atoms with van der Waals surface area (Å²) in [6.45, 7) is 1.08. The summed E-state index contributed by atoms with van der Waals surface area (Å²) < 4.78 is 20.3. The molecule has 0 bridgehead atoms. The van der Waals surface area contributed by atoms with Crippen molar-refractivity contribution in [2.24, 2.45) is 0 Å². The molecule has 1 N–H and O–H groups in total. The fraction of sp³-hybridized carbons (Fsp3) is 0.182. The molecule has 0 unspecified atom stereocenters. The van der Waals surface area contributed by atoms with Crippen molar-refractivity contribution in [2.75, 3.05) is 24.8 Å². The summed E-state index contributed by atoms with van der Waals surface area (Å²) in [5.74, 6) is 0.390. The molecule has 2 heterocycles. The van der Waals surface area contributed by atoms with E-state index in [-0.39, 0.29) is 17.5 Å². The van der Waals surface area contributed by atoms with Crippen LogP contribution >= 0.6 is 23.1 Å². The molecule has 0 radical (unpaired) electrons. The third kappa shape index (κ3) is 5.39. The number of amides is 1. The van der Waals surface area contributed by atoms with Gasteiger partial charge in [0.05, 0.1) is 24.6 Å². The normalized spacial score (nSPS) is 10.9. The Labute approximate surface area is 192 Å². The van der Waals surface area contributed by atoms with Crippen molar-refractivity contribution in [3.8, 4) is 22.6 Å². The zero-order valence-electron chi connectivity index (χ0n) is 17.2. The molecule has 1 amide bonds. The van der Waals surface area contributed by atoms with Crippen LogP contribution in [0.3, 0.4) is 0 Å². The van der Waals surface area contributed by atoms with Gasteiger partial charge in [0.2, 0.25) is 5.91 Å². The van der Waals surface area contributed by atoms with Gasteiger partial charge in [0, 0.05) is 23.6 Å². The number of nitrogens with zero attached hydrogens (tertiary/aromatic N) is 4. The molecule has 10 heteroatoms. The van der Waals surface area contributed by atoms with E-state index in [4.69, 9.17) is 4.74 Å². The summed E-state index contributed by atoms with van der Waals surface area (Å²) in [6, 6.07) is 15.8. The van der Waals surface area contributed by atoms with Gasteiger partial charge in [-0.1, -0.05) is 42.1 Å². The molecule has 0 aliphatic rings. The molecule has 4 aromatic rings. The minimum atomic E-state index is -0.302. The molecule has 0 aliphatic heterocycles. The number of thiazole rings is 1. The SMILES string of the molecule is COCCn1c(SCC(=O)Nc2nc(-c3ccc(F)cc3)cs2)nnc1-c1ccccc1. The third-order valence-corrected chi connectivity index (χ3v) is 6.22. The van der Waals surface area contributed by atoms with Gasteiger partial charge in [-0.05, 0) is 24.3 Å². The molecular formula is C22H20FN5O2S2. The number of rotatable bonds is 9. The second-order valence-electron chi connectivity index (χ2n) is 6.70. The lowest BCUT2D eigenvalue weighted by molar-refractivity contribution is -0.113. The lowest BCUT2D eigenvalue weighted by Gasteiger charge is -2.09. The number of thioether (sulfide) groups is 1. The average molecular weight is 470 g/mol. The number of anilines is 1. The molecule has 0 saturated heterocycles. The summed E-state index contributed by atoms with van der Waals surface area (Å²) >= 11 is 2.62. The summed E-state index contributed by atoms with van der Waals surface area (Å²) in [4.78, 5) is 16.9. The number of carbonyl (C=O) groups is 1. The Balaban J connectivity index is 1.41. The Bertz CT molecular complexity index is 1180. The summed E-state index contributed by atoms with van der Waals surface area (Å²) in [5.41, 5.74) is 2.42. The number of halogens is 1. The topological polar surface area (TPSA) is 81.9 Å². The number of nitrogens with one attached hydrogen (secondary N) is 1. The monoisotopic (exact) mass is 469 g/mol. The quantitative estimate of drug-likeness (QED) is 0.361. The first-order valence-electron chi connectivity index (χ1n) is 9.75. The van der Waals surface area contributed by atoms with Crippen LogP contribution in [0.5, 0.6) is 0 Å². The lowest BCUT2D eigenvalue weighted by atomic mass is 10.2. The summed E-state index contributed by atoms with van der Waals surface area (Å²) in [7, 11) is 1.64. The van der Waals surface area contributed by atoms with Crippen LogP contribution in [0.25, 0.3) is 22.6 Å². The number of carbonyl (C=O) groups excluding carboxylic acids is 1. The molecule has 2 aromatic carbocycles. The van der Waals surface area contributed by atoms with Crippen LogP contribution in [0.2, 0.25) is 0 Å². The third-order valence-electron chi connectivity index (χ3n) is 4.49. The van der Waals surface area contributed by atoms with Crippen LogP contribution in [0, 0.1) is 5.82 Å². The first-order chi connectivity index (χ1) is 15.6. The number of hydrogen-bond donors (Lipinski definition) is 1. The lowest BCUT2D eigenvalue weighted by Crippen LogP contribution is -2.15. The highest BCUT2D eigenvalue weighted by Crippen LogP contribution is 2.26. The predicted molar refractivity (Wildman–Crippen MR) is 124 cm³/mol. The van der Waals surface area contributed by atoms with E-state index < -0.39 is 0 Å². The second kappa shape index (κ2) is 10.5. The van der Waals surface area contributed by atoms with Crippen molar-refractivity contribution in [3.63, 3.8) is 0 Å². The first-order valence-corrected chi connectivity index (χ1v) is 11.6. The van der Waals surface area contributed by atoms with E-state index in [1.807, 2.05) is 40.3 Å². The Hall–Kier alpha value is -3.08. The van der Waals surface area contributed by atoms with Crippen LogP contribution in [0.4, 0.5) is 9.52 Å². The van der Waals surface area contributed by atoms with Crippen molar-refractivity contribution in [3.05, 3.63) is 65.8 Å². The Kier molecular flexibility index (Phi) is 7.25. The zero-order valence-corrected chi connectivity index (χ0v) is 18.8. The van der Waals surface area contributed by atoms with Gasteiger partial charge in [0.15, 0.2) is 16.1 Å². The maximum atomic E-state index is 13.1. The fourth-order valence-electron chi connectivity index (χ4n) is 2.95. The molecular weight excluding hydrogens is 449 g/mol. The molecule has 164 valence electrons. The highest BCUT2D eigenvalue weighted by atomic mass is 32.2. The summed E-state index contributed by atoms with van der Waals surface area (Å²) in [5, 5.41) is 14.3. The van der Waals surface area contributed by atoms with Gasteiger partial charge in [-0.3, -0.25) is 9.36 Å². The maximum Gasteiger partial charge on any atom is 0.236 e. The predicted octanol–water partition coefficient (Wildman–Crippen LogP) is 4.58. The fourth-order valence-corrected chi connectivity index (χ4v) is 4.45. The van der Waals surface area contributed by atoms with Crippen LogP contribution in [-0.4, -0.2) is 45.1 Å². The Morgan fingerprint density at radius 3 is 2.66 bits per heavy atom. The molecule has 2 aromatic heterocycles. The van der Waals surface area contributed by atoms with E-state index in [0.717, 1.165) is 17.0 Å². The van der Waals surface area contributed by atoms with E-state index in [1.54, 1.807) is 19.2 Å². The van der Waals surface area contributed by atoms with Gasteiger partial charge in [-0.15, -0.1) is 21.5 Å². The van der Waals surface area contributed by atoms with Crippen molar-refractivity contribution in [1.29, 1.82) is 0 Å². The first kappa shape index (κ1) is 22.1. The Morgan fingerprint density at radius 1 is 1.12 bits per heavy atom. The van der Waals surface area contributed by atoms with Gasteiger partial charge >= 0.3 is 0 Å². The van der Waals surface area contributed by atoms with E-state index in [1.165, 1.54) is 35.2 Å². The van der Waals surface area contributed by atoms with Gasteiger partial charge in [0.1, 0.15) is 5.82 Å². The van der Waals surface area contributed by atoms with Crippen LogP contribution in [0.15, 0.2) is 65.1 Å². The van der Waals surface area contributed by atoms with Crippen LogP contribution < -0.4 is 5.32 Å². The standard InChI is InChI=1S/C22H20FN5O2S2/c1-30-12-11-28-20(16-5-3-2-4-6-16)26-27-22(28)32-14-19(29)25-21-24-18(13-31-21)15-7-9-17(23)10-8-15/h2-10,13H,11-12,14H2,1H3,(H,24,25,29). The van der Waals surface area contributed by atoms with E-state index in [0.29, 0.717) is 29.1 Å². The smallest absolute Gasteiger partial charge is 0.236 e. The minimum Gasteiger partial charge on any atom is -0.383 e. The van der Waals surface area contributed by atoms with Crippen molar-refractivity contribution in [2.45, 2.75) is 11.7 Å². The molecule has 7 nitrogen and oxygen atoms in total. The maximum absolute atomic E-state index is 13.1. The highest BCUT2D eigenvalue weighted by molar-refractivity contribution is 7.99. The molecule has 0 spiro atoms. The van der Waals surface area contributed by atoms with E-state index in [9.17, 15) is 9.18 Å². The molecule has 0 fully saturated rings. The molecule has 0 aliphatic carbocycles. The van der Waals surface area contributed by atoms with Crippen molar-refractivity contribution >= 4 is 34.1 Å². The number of aromatic nitrogens is 4.